The molecule has 0 spiro atoms. The number of methoxy groups -OCH3 is 2. The number of carbonyl (C=O) groups is 1. The monoisotopic (exact) mass is 410 g/mol. The molecule has 0 bridgehead atoms. The molecule has 7 heteroatoms. The van der Waals surface area contributed by atoms with Crippen LogP contribution < -0.4 is 14.9 Å². The van der Waals surface area contributed by atoms with Gasteiger partial charge in [0.2, 0.25) is 0 Å². The van der Waals surface area contributed by atoms with E-state index in [0.29, 0.717) is 11.6 Å². The summed E-state index contributed by atoms with van der Waals surface area (Å²) in [5.41, 5.74) is 4.31. The van der Waals surface area contributed by atoms with E-state index in [0.717, 1.165) is 36.0 Å². The minimum Gasteiger partial charge on any atom is -0.493 e. The number of carbonyl (C=O) groups excluding carboxylic acids is 1. The highest BCUT2D eigenvalue weighted by Crippen LogP contribution is 2.34. The molecule has 2 unspecified atom stereocenters. The molecule has 1 aliphatic carbocycles. The first-order valence-corrected chi connectivity index (χ1v) is 10.3. The SMILES string of the molecule is CN1CCC2CC/C(=N\NC(=O)c3cccnc3)CC21.COc1ccccc1OC. The second-order valence-corrected chi connectivity index (χ2v) is 7.56. The van der Waals surface area contributed by atoms with Crippen molar-refractivity contribution in [3.63, 3.8) is 0 Å². The number of para-hydroxylation sites is 2. The minimum atomic E-state index is -0.187. The van der Waals surface area contributed by atoms with E-state index in [1.54, 1.807) is 38.7 Å². The number of amides is 1. The molecule has 1 saturated heterocycles. The van der Waals surface area contributed by atoms with Crippen LogP contribution in [0.4, 0.5) is 0 Å². The third-order valence-electron chi connectivity index (χ3n) is 5.74. The normalized spacial score (nSPS) is 21.9. The molecule has 2 aliphatic rings. The Balaban J connectivity index is 0.000000216. The number of hydrogen-bond donors (Lipinski definition) is 1. The lowest BCUT2D eigenvalue weighted by atomic mass is 9.84. The molecule has 1 aliphatic heterocycles. The van der Waals surface area contributed by atoms with E-state index in [4.69, 9.17) is 9.47 Å². The fraction of sp³-hybridized carbons (Fsp3) is 0.435. The maximum atomic E-state index is 11.9. The lowest BCUT2D eigenvalue weighted by molar-refractivity contribution is 0.0954. The van der Waals surface area contributed by atoms with Crippen LogP contribution in [0.2, 0.25) is 0 Å². The van der Waals surface area contributed by atoms with E-state index in [-0.39, 0.29) is 5.91 Å². The maximum Gasteiger partial charge on any atom is 0.272 e. The van der Waals surface area contributed by atoms with Gasteiger partial charge in [0.1, 0.15) is 0 Å². The molecule has 1 saturated carbocycles. The van der Waals surface area contributed by atoms with Gasteiger partial charge in [-0.05, 0) is 63.0 Å². The van der Waals surface area contributed by atoms with Crippen LogP contribution in [0.5, 0.6) is 11.5 Å². The van der Waals surface area contributed by atoms with Gasteiger partial charge in [0.15, 0.2) is 11.5 Å². The number of pyridine rings is 1. The molecule has 30 heavy (non-hydrogen) atoms. The number of rotatable bonds is 4. The lowest BCUT2D eigenvalue weighted by Crippen LogP contribution is -2.36. The second kappa shape index (κ2) is 10.7. The third-order valence-corrected chi connectivity index (χ3v) is 5.74. The first-order chi connectivity index (χ1) is 14.6. The van der Waals surface area contributed by atoms with Crippen LogP contribution in [0, 0.1) is 5.92 Å². The van der Waals surface area contributed by atoms with Crippen LogP contribution in [0.25, 0.3) is 0 Å². The number of nitrogens with one attached hydrogen (secondary N) is 1. The summed E-state index contributed by atoms with van der Waals surface area (Å²) in [7, 11) is 5.43. The van der Waals surface area contributed by atoms with Gasteiger partial charge in [-0.3, -0.25) is 9.78 Å². The van der Waals surface area contributed by atoms with Gasteiger partial charge in [0.05, 0.1) is 19.8 Å². The molecule has 2 fully saturated rings. The van der Waals surface area contributed by atoms with E-state index in [1.165, 1.54) is 19.4 Å². The number of benzene rings is 1. The smallest absolute Gasteiger partial charge is 0.272 e. The van der Waals surface area contributed by atoms with Gasteiger partial charge in [-0.15, -0.1) is 0 Å². The Morgan fingerprint density at radius 1 is 1.13 bits per heavy atom. The fourth-order valence-electron chi connectivity index (χ4n) is 4.02. The summed E-state index contributed by atoms with van der Waals surface area (Å²) >= 11 is 0. The molecule has 1 amide bonds. The number of nitrogens with zero attached hydrogens (tertiary/aromatic N) is 3. The van der Waals surface area contributed by atoms with Gasteiger partial charge >= 0.3 is 0 Å². The van der Waals surface area contributed by atoms with E-state index < -0.39 is 0 Å². The van der Waals surface area contributed by atoms with Gasteiger partial charge in [-0.25, -0.2) is 5.43 Å². The highest BCUT2D eigenvalue weighted by Gasteiger charge is 2.35. The Morgan fingerprint density at radius 2 is 1.87 bits per heavy atom. The van der Waals surface area contributed by atoms with E-state index in [9.17, 15) is 4.79 Å². The van der Waals surface area contributed by atoms with Gasteiger partial charge in [-0.1, -0.05) is 12.1 Å². The molecular weight excluding hydrogens is 380 g/mol. The minimum absolute atomic E-state index is 0.187. The zero-order chi connectivity index (χ0) is 21.3. The van der Waals surface area contributed by atoms with Gasteiger partial charge < -0.3 is 14.4 Å². The largest absolute Gasteiger partial charge is 0.493 e. The number of ether oxygens (including phenoxy) is 2. The van der Waals surface area contributed by atoms with Crippen molar-refractivity contribution in [2.24, 2.45) is 11.0 Å². The molecule has 2 aromatic rings. The van der Waals surface area contributed by atoms with Gasteiger partial charge in [-0.2, -0.15) is 5.10 Å². The van der Waals surface area contributed by atoms with Crippen molar-refractivity contribution >= 4 is 11.6 Å². The fourth-order valence-corrected chi connectivity index (χ4v) is 4.02. The zero-order valence-electron chi connectivity index (χ0n) is 17.9. The van der Waals surface area contributed by atoms with Crippen LogP contribution in [-0.4, -0.2) is 55.4 Å². The van der Waals surface area contributed by atoms with Crippen molar-refractivity contribution in [2.45, 2.75) is 31.7 Å². The Morgan fingerprint density at radius 3 is 2.50 bits per heavy atom. The summed E-state index contributed by atoms with van der Waals surface area (Å²) in [5, 5.41) is 4.32. The Labute approximate surface area is 178 Å². The molecule has 160 valence electrons. The molecule has 1 N–H and O–H groups in total. The lowest BCUT2D eigenvalue weighted by Gasteiger charge is -2.30. The highest BCUT2D eigenvalue weighted by atomic mass is 16.5. The third kappa shape index (κ3) is 5.57. The number of hydrazone groups is 1. The molecule has 1 aromatic heterocycles. The summed E-state index contributed by atoms with van der Waals surface area (Å²) in [6, 6.07) is 11.6. The molecule has 1 aromatic carbocycles. The summed E-state index contributed by atoms with van der Waals surface area (Å²) in [6.07, 6.45) is 7.68. The summed E-state index contributed by atoms with van der Waals surface area (Å²) in [4.78, 5) is 18.3. The maximum absolute atomic E-state index is 11.9. The molecule has 2 atom stereocenters. The number of hydrogen-bond acceptors (Lipinski definition) is 6. The van der Waals surface area contributed by atoms with Crippen LogP contribution in [-0.2, 0) is 0 Å². The van der Waals surface area contributed by atoms with Gasteiger partial charge in [0, 0.05) is 30.6 Å². The van der Waals surface area contributed by atoms with E-state index >= 15 is 0 Å². The molecule has 4 rings (SSSR count). The Hall–Kier alpha value is -2.93. The van der Waals surface area contributed by atoms with Crippen molar-refractivity contribution in [3.05, 3.63) is 54.4 Å². The Bertz CT molecular complexity index is 834. The van der Waals surface area contributed by atoms with Crippen molar-refractivity contribution in [3.8, 4) is 11.5 Å². The standard InChI is InChI=1S/C15H20N4O.C8H10O2/c1-19-8-6-11-4-5-13(9-14(11)19)17-18-15(20)12-3-2-7-16-10-12;1-9-7-5-3-4-6-8(7)10-2/h2-3,7,10-11,14H,4-6,8-9H2,1H3,(H,18,20);3-6H,1-2H3/b17-13+;. The number of likely N-dealkylation sites (tertiary alicyclic amines) is 1. The second-order valence-electron chi connectivity index (χ2n) is 7.56. The quantitative estimate of drug-likeness (QED) is 0.782. The molecule has 2 heterocycles. The van der Waals surface area contributed by atoms with Crippen LogP contribution in [0.1, 0.15) is 36.0 Å². The number of aromatic nitrogens is 1. The van der Waals surface area contributed by atoms with Crippen LogP contribution >= 0.6 is 0 Å². The average Bonchev–Trinajstić information content (AvgIpc) is 3.18. The molecule has 7 nitrogen and oxygen atoms in total. The molecular formula is C23H30N4O3. The van der Waals surface area contributed by atoms with Crippen molar-refractivity contribution < 1.29 is 14.3 Å². The van der Waals surface area contributed by atoms with E-state index in [1.807, 2.05) is 24.3 Å². The van der Waals surface area contributed by atoms with Crippen molar-refractivity contribution in [1.82, 2.24) is 15.3 Å². The van der Waals surface area contributed by atoms with Crippen LogP contribution in [0.15, 0.2) is 53.9 Å². The summed E-state index contributed by atoms with van der Waals surface area (Å²) in [5.74, 6) is 2.16. The zero-order valence-corrected chi connectivity index (χ0v) is 17.9. The summed E-state index contributed by atoms with van der Waals surface area (Å²) < 4.78 is 10.0. The van der Waals surface area contributed by atoms with E-state index in [2.05, 4.69) is 27.5 Å². The number of fused-ring (bicyclic) bond motifs is 1. The highest BCUT2D eigenvalue weighted by molar-refractivity contribution is 5.95. The predicted octanol–water partition coefficient (Wildman–Crippen LogP) is 3.38. The first kappa shape index (κ1) is 21.8. The van der Waals surface area contributed by atoms with Crippen LogP contribution in [0.3, 0.4) is 0 Å². The molecule has 0 radical (unpaired) electrons. The van der Waals surface area contributed by atoms with Crippen molar-refractivity contribution in [2.75, 3.05) is 27.8 Å². The average molecular weight is 411 g/mol. The topological polar surface area (TPSA) is 76.1 Å². The van der Waals surface area contributed by atoms with Gasteiger partial charge in [0.25, 0.3) is 5.91 Å². The Kier molecular flexibility index (Phi) is 7.79. The predicted molar refractivity (Wildman–Crippen MR) is 117 cm³/mol. The van der Waals surface area contributed by atoms with Crippen molar-refractivity contribution in [1.29, 1.82) is 0 Å². The first-order valence-electron chi connectivity index (χ1n) is 10.3. The summed E-state index contributed by atoms with van der Waals surface area (Å²) in [6.45, 7) is 1.19.